The van der Waals surface area contributed by atoms with Crippen LogP contribution in [0.1, 0.15) is 18.4 Å². The van der Waals surface area contributed by atoms with Gasteiger partial charge in [0, 0.05) is 0 Å². The van der Waals surface area contributed by atoms with Gasteiger partial charge in [-0.1, -0.05) is 24.3 Å². The third kappa shape index (κ3) is 5.69. The van der Waals surface area contributed by atoms with Crippen molar-refractivity contribution in [2.45, 2.75) is 18.9 Å². The van der Waals surface area contributed by atoms with Crippen LogP contribution in [0.25, 0.3) is 10.8 Å². The van der Waals surface area contributed by atoms with Gasteiger partial charge in [0.1, 0.15) is 19.0 Å². The van der Waals surface area contributed by atoms with Gasteiger partial charge < -0.3 is 19.1 Å². The predicted molar refractivity (Wildman–Crippen MR) is 94.7 cm³/mol. The molecule has 0 spiro atoms. The molecule has 0 fully saturated rings. The Kier molecular flexibility index (Phi) is 6.90. The van der Waals surface area contributed by atoms with Crippen molar-refractivity contribution in [3.05, 3.63) is 62.2 Å². The van der Waals surface area contributed by atoms with Crippen molar-refractivity contribution in [2.75, 3.05) is 20.3 Å². The molecule has 2 aromatic rings. The van der Waals surface area contributed by atoms with Crippen molar-refractivity contribution in [1.82, 2.24) is 0 Å². The van der Waals surface area contributed by atoms with Gasteiger partial charge in [0.05, 0.1) is 13.0 Å². The molecule has 28 heavy (non-hydrogen) atoms. The predicted octanol–water partition coefficient (Wildman–Crippen LogP) is 2.28. The topological polar surface area (TPSA) is 140 Å². The van der Waals surface area contributed by atoms with Crippen molar-refractivity contribution in [2.24, 2.45) is 0 Å². The molecule has 0 aliphatic carbocycles. The van der Waals surface area contributed by atoms with Gasteiger partial charge in [-0.25, -0.2) is 0 Å². The van der Waals surface area contributed by atoms with Crippen LogP contribution < -0.4 is 4.74 Å². The Morgan fingerprint density at radius 1 is 1.04 bits per heavy atom. The van der Waals surface area contributed by atoms with E-state index in [2.05, 4.69) is 9.68 Å². The molecule has 0 bridgehead atoms. The van der Waals surface area contributed by atoms with Gasteiger partial charge in [0.15, 0.2) is 6.10 Å². The lowest BCUT2D eigenvalue weighted by Gasteiger charge is -2.17. The number of rotatable bonds is 10. The van der Waals surface area contributed by atoms with Crippen LogP contribution in [-0.2, 0) is 19.2 Å². The van der Waals surface area contributed by atoms with E-state index in [4.69, 9.17) is 9.47 Å². The first-order valence-electron chi connectivity index (χ1n) is 8.13. The summed E-state index contributed by atoms with van der Waals surface area (Å²) in [6, 6.07) is 10.9. The first-order valence-corrected chi connectivity index (χ1v) is 8.13. The second-order valence-electron chi connectivity index (χ2n) is 5.79. The Morgan fingerprint density at radius 2 is 1.71 bits per heavy atom. The number of hydrogen-bond acceptors (Lipinski definition) is 9. The lowest BCUT2D eigenvalue weighted by atomic mass is 9.98. The average molecular weight is 394 g/mol. The molecule has 2 atom stereocenters. The summed E-state index contributed by atoms with van der Waals surface area (Å²) >= 11 is 0. The van der Waals surface area contributed by atoms with E-state index in [-0.39, 0.29) is 0 Å². The molecule has 150 valence electrons. The highest BCUT2D eigenvalue weighted by Crippen LogP contribution is 2.25. The van der Waals surface area contributed by atoms with Crippen LogP contribution in [0.3, 0.4) is 0 Å². The van der Waals surface area contributed by atoms with E-state index in [1.807, 2.05) is 24.3 Å². The molecule has 0 amide bonds. The van der Waals surface area contributed by atoms with Crippen molar-refractivity contribution in [3.8, 4) is 5.75 Å². The molecule has 11 nitrogen and oxygen atoms in total. The zero-order chi connectivity index (χ0) is 20.7. The van der Waals surface area contributed by atoms with Crippen LogP contribution >= 0.6 is 0 Å². The minimum atomic E-state index is -1.42. The van der Waals surface area contributed by atoms with Crippen molar-refractivity contribution in [1.29, 1.82) is 0 Å². The van der Waals surface area contributed by atoms with E-state index in [0.717, 1.165) is 10.8 Å². The fourth-order valence-corrected chi connectivity index (χ4v) is 2.45. The summed E-state index contributed by atoms with van der Waals surface area (Å²) in [4.78, 5) is 41.2. The van der Waals surface area contributed by atoms with Gasteiger partial charge in [0.25, 0.3) is 10.2 Å². The zero-order valence-corrected chi connectivity index (χ0v) is 15.1. The van der Waals surface area contributed by atoms with Crippen LogP contribution in [0.15, 0.2) is 36.4 Å². The maximum atomic E-state index is 12.3. The number of esters is 1. The molecule has 0 aliphatic rings. The van der Waals surface area contributed by atoms with Gasteiger partial charge in [0.2, 0.25) is 0 Å². The van der Waals surface area contributed by atoms with Gasteiger partial charge in [-0.15, -0.1) is 20.2 Å². The molecule has 2 unspecified atom stereocenters. The van der Waals surface area contributed by atoms with Crippen molar-refractivity contribution < 1.29 is 34.1 Å². The fourth-order valence-electron chi connectivity index (χ4n) is 2.45. The normalized spacial score (nSPS) is 12.6. The number of benzene rings is 2. The first-order chi connectivity index (χ1) is 13.3. The molecular formula is C17H18N2O9. The van der Waals surface area contributed by atoms with Crippen molar-refractivity contribution >= 4 is 16.7 Å². The molecule has 0 saturated heterocycles. The third-order valence-corrected chi connectivity index (χ3v) is 3.94. The first kappa shape index (κ1) is 20.7. The standard InChI is InChI=1S/C17H18N2O9/c1-11(12-3-4-14-8-15(25-2)6-5-13(14)7-12)17(20)26-9-16(28-19(23)24)10-27-18(21)22/h3-8,11,16H,9-10H2,1-2H3. The minimum absolute atomic E-state index is 0.567. The molecular weight excluding hydrogens is 376 g/mol. The average Bonchev–Trinajstić information content (AvgIpc) is 2.67. The van der Waals surface area contributed by atoms with Crippen LogP contribution in [0.4, 0.5) is 0 Å². The molecule has 0 radical (unpaired) electrons. The lowest BCUT2D eigenvalue weighted by molar-refractivity contribution is -0.790. The zero-order valence-electron chi connectivity index (χ0n) is 15.1. The smallest absolute Gasteiger partial charge is 0.313 e. The van der Waals surface area contributed by atoms with E-state index in [9.17, 15) is 25.0 Å². The highest BCUT2D eigenvalue weighted by atomic mass is 17.0. The van der Waals surface area contributed by atoms with Crippen molar-refractivity contribution in [3.63, 3.8) is 0 Å². The van der Waals surface area contributed by atoms with Gasteiger partial charge >= 0.3 is 5.97 Å². The maximum absolute atomic E-state index is 12.3. The molecule has 0 N–H and O–H groups in total. The summed E-state index contributed by atoms with van der Waals surface area (Å²) in [5, 5.41) is 20.2. The molecule has 0 aromatic heterocycles. The van der Waals surface area contributed by atoms with E-state index in [1.54, 1.807) is 26.2 Å². The summed E-state index contributed by atoms with van der Waals surface area (Å²) in [5.74, 6) is -0.619. The van der Waals surface area contributed by atoms with Crippen LogP contribution in [0.5, 0.6) is 5.75 Å². The monoisotopic (exact) mass is 394 g/mol. The second kappa shape index (κ2) is 9.35. The summed E-state index contributed by atoms with van der Waals surface area (Å²) in [7, 11) is 1.57. The quantitative estimate of drug-likeness (QED) is 0.337. The molecule has 0 saturated carbocycles. The second-order valence-corrected chi connectivity index (χ2v) is 5.79. The summed E-state index contributed by atoms with van der Waals surface area (Å²) < 4.78 is 10.2. The van der Waals surface area contributed by atoms with Crippen LogP contribution in [0.2, 0.25) is 0 Å². The highest BCUT2D eigenvalue weighted by molar-refractivity contribution is 5.86. The largest absolute Gasteiger partial charge is 0.497 e. The molecule has 0 heterocycles. The number of hydrogen-bond donors (Lipinski definition) is 0. The summed E-state index contributed by atoms with van der Waals surface area (Å²) in [6.07, 6.45) is -1.42. The number of carbonyl (C=O) groups excluding carboxylic acids is 1. The minimum Gasteiger partial charge on any atom is -0.497 e. The Hall–Kier alpha value is -3.63. The summed E-state index contributed by atoms with van der Waals surface area (Å²) in [6.45, 7) is 0.306. The number of ether oxygens (including phenoxy) is 2. The Labute approximate surface area is 158 Å². The summed E-state index contributed by atoms with van der Waals surface area (Å²) in [5.41, 5.74) is 0.677. The van der Waals surface area contributed by atoms with Gasteiger partial charge in [-0.05, 0) is 35.4 Å². The van der Waals surface area contributed by atoms with Gasteiger partial charge in [-0.3, -0.25) is 4.79 Å². The molecule has 0 aliphatic heterocycles. The third-order valence-electron chi connectivity index (χ3n) is 3.94. The maximum Gasteiger partial charge on any atom is 0.313 e. The highest BCUT2D eigenvalue weighted by Gasteiger charge is 2.22. The van der Waals surface area contributed by atoms with E-state index in [1.165, 1.54) is 0 Å². The van der Waals surface area contributed by atoms with E-state index < -0.39 is 41.4 Å². The number of methoxy groups -OCH3 is 1. The number of nitrogens with zero attached hydrogens (tertiary/aromatic N) is 2. The van der Waals surface area contributed by atoms with E-state index >= 15 is 0 Å². The van der Waals surface area contributed by atoms with Crippen LogP contribution in [-0.4, -0.2) is 42.6 Å². The Balaban J connectivity index is 2.03. The molecule has 2 aromatic carbocycles. The SMILES string of the molecule is COc1ccc2cc(C(C)C(=O)OCC(CO[N+](=O)[O-])O[N+](=O)[O-])ccc2c1. The van der Waals surface area contributed by atoms with E-state index in [0.29, 0.717) is 11.3 Å². The molecule has 2 rings (SSSR count). The number of carbonyl (C=O) groups is 1. The fraction of sp³-hybridized carbons (Fsp3) is 0.353. The molecule has 11 heteroatoms. The lowest BCUT2D eigenvalue weighted by Crippen LogP contribution is -2.31. The Morgan fingerprint density at radius 3 is 2.36 bits per heavy atom. The number of fused-ring (bicyclic) bond motifs is 1. The Bertz CT molecular complexity index is 871. The van der Waals surface area contributed by atoms with Gasteiger partial charge in [-0.2, -0.15) is 0 Å². The van der Waals surface area contributed by atoms with Crippen LogP contribution in [0, 0.1) is 20.2 Å².